The molecule has 26 heavy (non-hydrogen) atoms. The summed E-state index contributed by atoms with van der Waals surface area (Å²) in [5.41, 5.74) is 8.29. The molecule has 6 nitrogen and oxygen atoms in total. The van der Waals surface area contributed by atoms with Crippen molar-refractivity contribution in [2.45, 2.75) is 44.4 Å². The molecule has 0 aliphatic carbocycles. The van der Waals surface area contributed by atoms with Crippen LogP contribution in [0, 0.1) is 0 Å². The first-order valence-corrected chi connectivity index (χ1v) is 9.32. The molecule has 2 fully saturated rings. The molecule has 4 N–H and O–H groups in total. The van der Waals surface area contributed by atoms with Crippen LogP contribution >= 0.6 is 11.6 Å². The van der Waals surface area contributed by atoms with Gasteiger partial charge in [0, 0.05) is 25.3 Å². The molecule has 3 rings (SSSR count). The number of nitrogens with two attached hydrogens (primary N) is 1. The van der Waals surface area contributed by atoms with Crippen LogP contribution in [0.5, 0.6) is 0 Å². The van der Waals surface area contributed by atoms with Gasteiger partial charge in [0.25, 0.3) is 5.91 Å². The van der Waals surface area contributed by atoms with Crippen molar-refractivity contribution < 1.29 is 9.53 Å². The van der Waals surface area contributed by atoms with Gasteiger partial charge in [-0.15, -0.1) is 0 Å². The molecule has 0 spiro atoms. The highest BCUT2D eigenvalue weighted by Gasteiger charge is 2.41. The van der Waals surface area contributed by atoms with Gasteiger partial charge < -0.3 is 21.1 Å². The van der Waals surface area contributed by atoms with E-state index in [1.807, 2.05) is 31.2 Å². The number of fused-ring (bicyclic) bond motifs is 2. The maximum absolute atomic E-state index is 12.4. The van der Waals surface area contributed by atoms with E-state index in [2.05, 4.69) is 15.6 Å². The molecule has 2 aliphatic rings. The lowest BCUT2D eigenvalue weighted by atomic mass is 10.0. The molecule has 0 unspecified atom stereocenters. The van der Waals surface area contributed by atoms with Gasteiger partial charge in [-0.25, -0.2) is 0 Å². The number of hydrogen-bond acceptors (Lipinski definition) is 5. The van der Waals surface area contributed by atoms with Gasteiger partial charge in [-0.05, 0) is 30.5 Å². The molecule has 2 saturated heterocycles. The van der Waals surface area contributed by atoms with Crippen molar-refractivity contribution in [1.29, 1.82) is 0 Å². The number of benzene rings is 1. The Morgan fingerprint density at radius 3 is 2.69 bits per heavy atom. The molecule has 1 aromatic rings. The Morgan fingerprint density at radius 2 is 2.15 bits per heavy atom. The molecule has 0 saturated carbocycles. The second-order valence-electron chi connectivity index (χ2n) is 6.65. The third kappa shape index (κ3) is 3.92. The number of anilines is 1. The van der Waals surface area contributed by atoms with E-state index < -0.39 is 5.91 Å². The van der Waals surface area contributed by atoms with Crippen molar-refractivity contribution in [3.8, 4) is 0 Å². The summed E-state index contributed by atoms with van der Waals surface area (Å²) in [6, 6.07) is 8.03. The Balaban J connectivity index is 1.66. The minimum Gasteiger partial charge on any atom is -0.393 e. The van der Waals surface area contributed by atoms with Gasteiger partial charge >= 0.3 is 0 Å². The fourth-order valence-corrected chi connectivity index (χ4v) is 3.71. The lowest BCUT2D eigenvalue weighted by Crippen LogP contribution is -2.33. The largest absolute Gasteiger partial charge is 0.393 e. The summed E-state index contributed by atoms with van der Waals surface area (Å²) in [4.78, 5) is 16.5. The number of carbonyl (C=O) groups is 1. The number of carbonyl (C=O) groups excluding carboxylic acids is 1. The topological polar surface area (TPSA) is 88.7 Å². The van der Waals surface area contributed by atoms with E-state index >= 15 is 0 Å². The van der Waals surface area contributed by atoms with E-state index in [1.165, 1.54) is 0 Å². The van der Waals surface area contributed by atoms with Crippen LogP contribution in [0.15, 0.2) is 40.0 Å². The maximum atomic E-state index is 12.4. The molecule has 140 valence electrons. The van der Waals surface area contributed by atoms with Crippen molar-refractivity contribution in [1.82, 2.24) is 5.32 Å². The summed E-state index contributed by atoms with van der Waals surface area (Å²) in [6.07, 6.45) is 3.00. The van der Waals surface area contributed by atoms with Crippen LogP contribution in [0.1, 0.15) is 37.9 Å². The number of aliphatic imine (C=N–C) groups is 1. The summed E-state index contributed by atoms with van der Waals surface area (Å²) in [5.74, 6) is -0.433. The predicted octanol–water partition coefficient (Wildman–Crippen LogP) is 2.71. The quantitative estimate of drug-likeness (QED) is 0.526. The van der Waals surface area contributed by atoms with Crippen LogP contribution in [0.25, 0.3) is 0 Å². The molecule has 3 atom stereocenters. The monoisotopic (exact) mass is 376 g/mol. The van der Waals surface area contributed by atoms with E-state index in [0.717, 1.165) is 24.9 Å². The van der Waals surface area contributed by atoms with Gasteiger partial charge in [0.1, 0.15) is 5.70 Å². The van der Waals surface area contributed by atoms with Crippen LogP contribution in [-0.2, 0) is 9.53 Å². The Hall–Kier alpha value is -1.89. The number of nitrogens with zero attached hydrogens (tertiary/aromatic N) is 1. The molecule has 2 bridgehead atoms. The molecule has 2 aliphatic heterocycles. The number of halogens is 1. The van der Waals surface area contributed by atoms with E-state index in [4.69, 9.17) is 22.1 Å². The Morgan fingerprint density at radius 1 is 1.42 bits per heavy atom. The highest BCUT2D eigenvalue weighted by molar-refractivity contribution is 6.45. The lowest BCUT2D eigenvalue weighted by molar-refractivity contribution is -0.112. The fourth-order valence-electron chi connectivity index (χ4n) is 3.45. The number of nitrogens with one attached hydrogen (secondary N) is 2. The zero-order valence-electron chi connectivity index (χ0n) is 15.1. The highest BCUT2D eigenvalue weighted by atomic mass is 35.5. The number of rotatable bonds is 6. The van der Waals surface area contributed by atoms with E-state index in [-0.39, 0.29) is 16.8 Å². The first-order chi connectivity index (χ1) is 12.5. The average Bonchev–Trinajstić information content (AvgIpc) is 3.29. The number of allylic oxidation sites excluding steroid dienone is 1. The molecular formula is C19H25ClN4O2. The van der Waals surface area contributed by atoms with Crippen LogP contribution < -0.4 is 16.4 Å². The summed E-state index contributed by atoms with van der Waals surface area (Å²) < 4.78 is 5.99. The summed E-state index contributed by atoms with van der Waals surface area (Å²) in [7, 11) is 1.64. The van der Waals surface area contributed by atoms with Crippen molar-refractivity contribution in [3.63, 3.8) is 0 Å². The molecule has 0 radical (unpaired) electrons. The molecule has 0 aromatic heterocycles. The number of hydrogen-bond donors (Lipinski definition) is 3. The first kappa shape index (κ1) is 18.9. The van der Waals surface area contributed by atoms with Crippen LogP contribution in [0.4, 0.5) is 5.69 Å². The number of amides is 1. The lowest BCUT2D eigenvalue weighted by Gasteiger charge is -2.23. The fraction of sp³-hybridized carbons (Fsp3) is 0.474. The highest BCUT2D eigenvalue weighted by Crippen LogP contribution is 2.37. The van der Waals surface area contributed by atoms with Crippen molar-refractivity contribution >= 4 is 28.9 Å². The Bertz CT molecular complexity index is 730. The third-order valence-electron chi connectivity index (χ3n) is 4.82. The minimum absolute atomic E-state index is 0.0228. The van der Waals surface area contributed by atoms with E-state index in [1.54, 1.807) is 7.05 Å². The van der Waals surface area contributed by atoms with Gasteiger partial charge in [-0.1, -0.05) is 37.1 Å². The second-order valence-corrected chi connectivity index (χ2v) is 7.03. The van der Waals surface area contributed by atoms with Crippen molar-refractivity contribution in [3.05, 3.63) is 40.6 Å². The minimum atomic E-state index is -0.433. The predicted molar refractivity (Wildman–Crippen MR) is 104 cm³/mol. The average molecular weight is 377 g/mol. The zero-order valence-corrected chi connectivity index (χ0v) is 15.8. The van der Waals surface area contributed by atoms with Gasteiger partial charge in [0.15, 0.2) is 0 Å². The van der Waals surface area contributed by atoms with E-state index in [0.29, 0.717) is 30.0 Å². The SMILES string of the molecule is CCCC(=NC)/C(Cl)=C(\N)C(=O)Nc1ccc([C@H]2O[C@@H]3CN[C@H]2C3)cc1. The smallest absolute Gasteiger partial charge is 0.273 e. The van der Waals surface area contributed by atoms with Gasteiger partial charge in [0.05, 0.1) is 23.0 Å². The standard InChI is InChI=1S/C19H25ClN4O2/c1-3-4-14(22-2)16(20)17(21)19(25)24-12-7-5-11(6-8-12)18-15-9-13(26-18)10-23-15/h5-8,13,15,18,23H,3-4,9-10,21H2,1-2H3,(H,24,25)/b17-16+,22-14?/t13-,15-,18+/m0/s1. The Kier molecular flexibility index (Phi) is 5.96. The molecular weight excluding hydrogens is 352 g/mol. The summed E-state index contributed by atoms with van der Waals surface area (Å²) >= 11 is 6.22. The molecule has 2 heterocycles. The van der Waals surface area contributed by atoms with E-state index in [9.17, 15) is 4.79 Å². The Labute approximate surface area is 158 Å². The van der Waals surface area contributed by atoms with Crippen molar-refractivity contribution in [2.75, 3.05) is 18.9 Å². The van der Waals surface area contributed by atoms with Gasteiger partial charge in [-0.3, -0.25) is 9.79 Å². The molecule has 1 aromatic carbocycles. The van der Waals surface area contributed by atoms with Crippen LogP contribution in [0.3, 0.4) is 0 Å². The van der Waals surface area contributed by atoms with Gasteiger partial charge in [-0.2, -0.15) is 0 Å². The molecule has 1 amide bonds. The zero-order chi connectivity index (χ0) is 18.7. The van der Waals surface area contributed by atoms with Crippen LogP contribution in [-0.4, -0.2) is 37.4 Å². The maximum Gasteiger partial charge on any atom is 0.273 e. The number of ether oxygens (including phenoxy) is 1. The van der Waals surface area contributed by atoms with Gasteiger partial charge in [0.2, 0.25) is 0 Å². The first-order valence-electron chi connectivity index (χ1n) is 8.95. The molecule has 7 heteroatoms. The summed E-state index contributed by atoms with van der Waals surface area (Å²) in [6.45, 7) is 2.95. The normalized spacial score (nSPS) is 26.0. The van der Waals surface area contributed by atoms with Crippen LogP contribution in [0.2, 0.25) is 0 Å². The summed E-state index contributed by atoms with van der Waals surface area (Å²) in [5, 5.41) is 6.45. The second kappa shape index (κ2) is 8.20. The third-order valence-corrected chi connectivity index (χ3v) is 5.24. The van der Waals surface area contributed by atoms with Crippen molar-refractivity contribution in [2.24, 2.45) is 10.7 Å². The number of morpholine rings is 1.